The molecular weight excluding hydrogens is 363 g/mol. The summed E-state index contributed by atoms with van der Waals surface area (Å²) in [5.41, 5.74) is -5.11. The van der Waals surface area contributed by atoms with Crippen molar-refractivity contribution in [1.29, 1.82) is 0 Å². The second-order valence-corrected chi connectivity index (χ2v) is 12.1. The van der Waals surface area contributed by atoms with Crippen molar-refractivity contribution in [2.75, 3.05) is 13.1 Å². The summed E-state index contributed by atoms with van der Waals surface area (Å²) in [4.78, 5) is 0. The number of sulfonamides is 1. The Morgan fingerprint density at radius 2 is 1.08 bits per heavy atom. The minimum absolute atomic E-state index is 0.0639. The molecule has 0 aliphatic carbocycles. The Morgan fingerprint density at radius 3 is 1.31 bits per heavy atom. The van der Waals surface area contributed by atoms with Crippen LogP contribution in [0.1, 0.15) is 81.1 Å². The standard InChI is InChI=1S/C19H38F3NO2S/c1-15(13-17(3,4)5)9-11-23(26(24,25)19(20,21)22)12-10-16(2)14-18(6,7)8/h15-16H,9-14H2,1-8H3/t15-,16-/m0/s1. The summed E-state index contributed by atoms with van der Waals surface area (Å²) in [5.74, 6) is 0.320. The molecule has 0 unspecified atom stereocenters. The van der Waals surface area contributed by atoms with Crippen LogP contribution in [-0.2, 0) is 10.0 Å². The van der Waals surface area contributed by atoms with E-state index in [2.05, 4.69) is 41.5 Å². The van der Waals surface area contributed by atoms with Gasteiger partial charge in [-0.2, -0.15) is 17.5 Å². The van der Waals surface area contributed by atoms with Gasteiger partial charge in [-0.25, -0.2) is 8.42 Å². The van der Waals surface area contributed by atoms with Crippen LogP contribution in [-0.4, -0.2) is 31.3 Å². The summed E-state index contributed by atoms with van der Waals surface area (Å²) < 4.78 is 63.7. The van der Waals surface area contributed by atoms with E-state index in [4.69, 9.17) is 0 Å². The fourth-order valence-electron chi connectivity index (χ4n) is 3.52. The largest absolute Gasteiger partial charge is 0.511 e. The van der Waals surface area contributed by atoms with Crippen molar-refractivity contribution in [3.8, 4) is 0 Å². The molecule has 7 heteroatoms. The SMILES string of the molecule is C[C@@H](CCN(CC[C@H](C)CC(C)(C)C)S(=O)(=O)C(F)(F)F)CC(C)(C)C. The van der Waals surface area contributed by atoms with Gasteiger partial charge in [-0.1, -0.05) is 55.4 Å². The van der Waals surface area contributed by atoms with Crippen LogP contribution in [0.2, 0.25) is 0 Å². The lowest BCUT2D eigenvalue weighted by Crippen LogP contribution is -2.42. The molecule has 0 bridgehead atoms. The summed E-state index contributed by atoms with van der Waals surface area (Å²) >= 11 is 0. The number of nitrogens with zero attached hydrogens (tertiary/aromatic N) is 1. The topological polar surface area (TPSA) is 37.4 Å². The summed E-state index contributed by atoms with van der Waals surface area (Å²) in [6.07, 6.45) is 2.54. The van der Waals surface area contributed by atoms with Gasteiger partial charge in [0.05, 0.1) is 0 Å². The van der Waals surface area contributed by atoms with Crippen LogP contribution in [0.15, 0.2) is 0 Å². The number of halogens is 3. The van der Waals surface area contributed by atoms with E-state index in [0.717, 1.165) is 12.8 Å². The maximum Gasteiger partial charge on any atom is 0.511 e. The van der Waals surface area contributed by atoms with E-state index < -0.39 is 15.5 Å². The molecule has 0 aliphatic heterocycles. The van der Waals surface area contributed by atoms with E-state index in [-0.39, 0.29) is 35.8 Å². The molecule has 0 fully saturated rings. The van der Waals surface area contributed by atoms with Gasteiger partial charge in [0.25, 0.3) is 0 Å². The fraction of sp³-hybridized carbons (Fsp3) is 1.00. The number of hydrogen-bond acceptors (Lipinski definition) is 2. The molecule has 0 spiro atoms. The number of alkyl halides is 3. The average molecular weight is 402 g/mol. The molecule has 0 N–H and O–H groups in total. The van der Waals surface area contributed by atoms with Crippen LogP contribution in [0.3, 0.4) is 0 Å². The summed E-state index contributed by atoms with van der Waals surface area (Å²) in [6.45, 7) is 16.2. The van der Waals surface area contributed by atoms with Crippen LogP contribution >= 0.6 is 0 Å². The van der Waals surface area contributed by atoms with Crippen molar-refractivity contribution in [3.63, 3.8) is 0 Å². The minimum atomic E-state index is -5.28. The third kappa shape index (κ3) is 10.1. The van der Waals surface area contributed by atoms with E-state index >= 15 is 0 Å². The predicted octanol–water partition coefficient (Wildman–Crippen LogP) is 6.06. The first kappa shape index (κ1) is 25.7. The van der Waals surface area contributed by atoms with Gasteiger partial charge in [0.15, 0.2) is 0 Å². The molecule has 0 amide bonds. The zero-order chi connectivity index (χ0) is 21.0. The fourth-order valence-corrected chi connectivity index (χ4v) is 4.51. The zero-order valence-electron chi connectivity index (χ0n) is 17.7. The van der Waals surface area contributed by atoms with Gasteiger partial charge in [0, 0.05) is 13.1 Å². The minimum Gasteiger partial charge on any atom is -0.203 e. The lowest BCUT2D eigenvalue weighted by molar-refractivity contribution is -0.0491. The molecule has 26 heavy (non-hydrogen) atoms. The maximum atomic E-state index is 13.0. The van der Waals surface area contributed by atoms with Crippen molar-refractivity contribution in [2.45, 2.75) is 86.6 Å². The van der Waals surface area contributed by atoms with Gasteiger partial charge >= 0.3 is 15.5 Å². The van der Waals surface area contributed by atoms with Crippen LogP contribution in [0, 0.1) is 22.7 Å². The van der Waals surface area contributed by atoms with Gasteiger partial charge < -0.3 is 0 Å². The van der Waals surface area contributed by atoms with Gasteiger partial charge in [-0.3, -0.25) is 0 Å². The van der Waals surface area contributed by atoms with Crippen molar-refractivity contribution in [3.05, 3.63) is 0 Å². The van der Waals surface area contributed by atoms with Gasteiger partial charge in [0.2, 0.25) is 0 Å². The van der Waals surface area contributed by atoms with Crippen LogP contribution < -0.4 is 0 Å². The highest BCUT2D eigenvalue weighted by Gasteiger charge is 2.49. The molecule has 0 saturated carbocycles. The number of rotatable bonds is 9. The molecule has 0 radical (unpaired) electrons. The monoisotopic (exact) mass is 401 g/mol. The van der Waals surface area contributed by atoms with Gasteiger partial charge in [0.1, 0.15) is 0 Å². The molecule has 0 aromatic carbocycles. The highest BCUT2D eigenvalue weighted by molar-refractivity contribution is 7.90. The van der Waals surface area contributed by atoms with E-state index in [1.807, 2.05) is 13.8 Å². The first-order valence-electron chi connectivity index (χ1n) is 9.41. The van der Waals surface area contributed by atoms with Crippen LogP contribution in [0.25, 0.3) is 0 Å². The Kier molecular flexibility index (Phi) is 9.16. The van der Waals surface area contributed by atoms with E-state index in [9.17, 15) is 21.6 Å². The highest BCUT2D eigenvalue weighted by Crippen LogP contribution is 2.31. The Bertz CT molecular complexity index is 490. The maximum absolute atomic E-state index is 13.0. The third-order valence-corrected chi connectivity index (χ3v) is 5.93. The smallest absolute Gasteiger partial charge is 0.203 e. The van der Waals surface area contributed by atoms with Crippen molar-refractivity contribution in [1.82, 2.24) is 4.31 Å². The molecule has 0 heterocycles. The predicted molar refractivity (Wildman–Crippen MR) is 102 cm³/mol. The molecule has 2 atom stereocenters. The van der Waals surface area contributed by atoms with Gasteiger partial charge in [-0.15, -0.1) is 0 Å². The van der Waals surface area contributed by atoms with E-state index in [1.54, 1.807) is 0 Å². The van der Waals surface area contributed by atoms with Crippen molar-refractivity contribution in [2.24, 2.45) is 22.7 Å². The first-order valence-corrected chi connectivity index (χ1v) is 10.9. The second kappa shape index (κ2) is 9.26. The second-order valence-electron chi connectivity index (χ2n) is 10.2. The van der Waals surface area contributed by atoms with E-state index in [0.29, 0.717) is 17.1 Å². The van der Waals surface area contributed by atoms with Crippen molar-refractivity contribution < 1.29 is 21.6 Å². The Morgan fingerprint density at radius 1 is 0.769 bits per heavy atom. The average Bonchev–Trinajstić information content (AvgIpc) is 2.32. The molecule has 3 nitrogen and oxygen atoms in total. The summed E-state index contributed by atoms with van der Waals surface area (Å²) in [6, 6.07) is 0. The zero-order valence-corrected chi connectivity index (χ0v) is 18.5. The van der Waals surface area contributed by atoms with Gasteiger partial charge in [-0.05, 0) is 48.3 Å². The van der Waals surface area contributed by atoms with Crippen molar-refractivity contribution >= 4 is 10.0 Å². The summed E-state index contributed by atoms with van der Waals surface area (Å²) in [5, 5.41) is 0. The molecule has 0 aromatic rings. The quantitative estimate of drug-likeness (QED) is 0.471. The molecule has 0 aromatic heterocycles. The first-order chi connectivity index (χ1) is 11.3. The van der Waals surface area contributed by atoms with Crippen LogP contribution in [0.4, 0.5) is 13.2 Å². The highest BCUT2D eigenvalue weighted by atomic mass is 32.2. The molecular formula is C19H38F3NO2S. The Labute approximate surface area is 158 Å². The Balaban J connectivity index is 5.04. The molecule has 158 valence electrons. The van der Waals surface area contributed by atoms with Crippen LogP contribution in [0.5, 0.6) is 0 Å². The number of hydrogen-bond donors (Lipinski definition) is 0. The molecule has 0 saturated heterocycles. The lowest BCUT2D eigenvalue weighted by Gasteiger charge is -2.29. The lowest BCUT2D eigenvalue weighted by atomic mass is 9.84. The summed E-state index contributed by atoms with van der Waals surface area (Å²) in [7, 11) is -5.28. The molecule has 0 aliphatic rings. The Hall–Kier alpha value is -0.300. The normalized spacial score (nSPS) is 16.8. The molecule has 0 rings (SSSR count). The van der Waals surface area contributed by atoms with E-state index in [1.165, 1.54) is 0 Å². The third-order valence-electron chi connectivity index (χ3n) is 4.30.